The van der Waals surface area contributed by atoms with Crippen LogP contribution < -0.4 is 0 Å². The summed E-state index contributed by atoms with van der Waals surface area (Å²) in [7, 11) is 1.67. The van der Waals surface area contributed by atoms with E-state index in [1.165, 1.54) is 4.90 Å². The molecule has 0 spiro atoms. The van der Waals surface area contributed by atoms with E-state index in [-0.39, 0.29) is 11.8 Å². The summed E-state index contributed by atoms with van der Waals surface area (Å²) in [5.41, 5.74) is 0. The molecule has 1 heterocycles. The van der Waals surface area contributed by atoms with Crippen molar-refractivity contribution in [2.45, 2.75) is 20.3 Å². The van der Waals surface area contributed by atoms with Gasteiger partial charge in [0.1, 0.15) is 0 Å². The number of nitrogens with zero attached hydrogens (tertiary/aromatic N) is 2. The molecule has 4 nitrogen and oxygen atoms in total. The lowest BCUT2D eigenvalue weighted by Gasteiger charge is -2.31. The molecule has 0 N–H and O–H groups in total. The molecule has 0 radical (unpaired) electrons. The van der Waals surface area contributed by atoms with Crippen molar-refractivity contribution >= 4 is 11.8 Å². The Kier molecular flexibility index (Phi) is 3.49. The summed E-state index contributed by atoms with van der Waals surface area (Å²) >= 11 is 0. The maximum atomic E-state index is 11.5. The molecule has 80 valence electrons. The van der Waals surface area contributed by atoms with Crippen LogP contribution in [-0.4, -0.2) is 48.3 Å². The summed E-state index contributed by atoms with van der Waals surface area (Å²) in [5, 5.41) is 0. The third-order valence-corrected chi connectivity index (χ3v) is 2.50. The van der Waals surface area contributed by atoms with Crippen LogP contribution in [0.4, 0.5) is 0 Å². The maximum Gasteiger partial charge on any atom is 0.312 e. The predicted octanol–water partition coefficient (Wildman–Crippen LogP) is 0.333. The lowest BCUT2D eigenvalue weighted by Crippen LogP contribution is -2.53. The van der Waals surface area contributed by atoms with Gasteiger partial charge < -0.3 is 9.80 Å². The molecule has 0 aromatic heterocycles. The lowest BCUT2D eigenvalue weighted by atomic mass is 10.1. The molecule has 4 heteroatoms. The van der Waals surface area contributed by atoms with E-state index in [2.05, 4.69) is 13.8 Å². The highest BCUT2D eigenvalue weighted by Crippen LogP contribution is 2.07. The smallest absolute Gasteiger partial charge is 0.312 e. The van der Waals surface area contributed by atoms with E-state index in [0.717, 1.165) is 6.42 Å². The first-order valence-electron chi connectivity index (χ1n) is 5.06. The van der Waals surface area contributed by atoms with Crippen LogP contribution in [-0.2, 0) is 9.59 Å². The number of carbonyl (C=O) groups is 2. The molecule has 0 unspecified atom stereocenters. The second-order valence-electron chi connectivity index (χ2n) is 4.20. The van der Waals surface area contributed by atoms with Crippen LogP contribution in [0.15, 0.2) is 0 Å². The van der Waals surface area contributed by atoms with E-state index in [0.29, 0.717) is 25.6 Å². The molecule has 0 saturated carbocycles. The van der Waals surface area contributed by atoms with Gasteiger partial charge in [0.05, 0.1) is 0 Å². The first kappa shape index (κ1) is 11.0. The third-order valence-electron chi connectivity index (χ3n) is 2.50. The summed E-state index contributed by atoms with van der Waals surface area (Å²) in [4.78, 5) is 25.9. The average molecular weight is 198 g/mol. The van der Waals surface area contributed by atoms with Crippen LogP contribution in [0.5, 0.6) is 0 Å². The minimum absolute atomic E-state index is 0.348. The van der Waals surface area contributed by atoms with Gasteiger partial charge in [-0.3, -0.25) is 9.59 Å². The number of rotatable bonds is 3. The zero-order valence-electron chi connectivity index (χ0n) is 9.12. The van der Waals surface area contributed by atoms with Crippen LogP contribution in [0.25, 0.3) is 0 Å². The van der Waals surface area contributed by atoms with Crippen molar-refractivity contribution < 1.29 is 9.59 Å². The molecule has 0 atom stereocenters. The number of hydrogen-bond acceptors (Lipinski definition) is 2. The van der Waals surface area contributed by atoms with Crippen LogP contribution in [0.2, 0.25) is 0 Å². The molecule has 1 rings (SSSR count). The number of carbonyl (C=O) groups excluding carboxylic acids is 2. The van der Waals surface area contributed by atoms with Crippen molar-refractivity contribution in [3.63, 3.8) is 0 Å². The fourth-order valence-electron chi connectivity index (χ4n) is 1.40. The molecule has 1 saturated heterocycles. The number of hydrogen-bond donors (Lipinski definition) is 0. The van der Waals surface area contributed by atoms with Crippen molar-refractivity contribution in [3.8, 4) is 0 Å². The average Bonchev–Trinajstić information content (AvgIpc) is 2.13. The third kappa shape index (κ3) is 2.47. The van der Waals surface area contributed by atoms with Crippen molar-refractivity contribution in [1.82, 2.24) is 9.80 Å². The second kappa shape index (κ2) is 4.44. The highest BCUT2D eigenvalue weighted by molar-refractivity contribution is 6.35. The minimum Gasteiger partial charge on any atom is -0.336 e. The molecule has 1 aliphatic rings. The van der Waals surface area contributed by atoms with Crippen LogP contribution in [0.1, 0.15) is 20.3 Å². The Morgan fingerprint density at radius 1 is 1.21 bits per heavy atom. The predicted molar refractivity (Wildman–Crippen MR) is 53.7 cm³/mol. The molecule has 2 amide bonds. The fourth-order valence-corrected chi connectivity index (χ4v) is 1.40. The van der Waals surface area contributed by atoms with Gasteiger partial charge >= 0.3 is 11.8 Å². The van der Waals surface area contributed by atoms with E-state index in [1.54, 1.807) is 11.9 Å². The van der Waals surface area contributed by atoms with Gasteiger partial charge in [0, 0.05) is 26.7 Å². The summed E-state index contributed by atoms with van der Waals surface area (Å²) in [6.45, 7) is 6.26. The van der Waals surface area contributed by atoms with E-state index in [9.17, 15) is 9.59 Å². The summed E-state index contributed by atoms with van der Waals surface area (Å²) < 4.78 is 0. The van der Waals surface area contributed by atoms with Crippen LogP contribution >= 0.6 is 0 Å². The highest BCUT2D eigenvalue weighted by Gasteiger charge is 2.29. The molecule has 14 heavy (non-hydrogen) atoms. The van der Waals surface area contributed by atoms with Gasteiger partial charge in [0.25, 0.3) is 0 Å². The molecule has 0 aromatic carbocycles. The van der Waals surface area contributed by atoms with Crippen LogP contribution in [0.3, 0.4) is 0 Å². The normalized spacial score (nSPS) is 18.3. The Bertz CT molecular complexity index is 238. The second-order valence-corrected chi connectivity index (χ2v) is 4.20. The van der Waals surface area contributed by atoms with Crippen molar-refractivity contribution in [2.24, 2.45) is 5.92 Å². The molecular weight excluding hydrogens is 180 g/mol. The van der Waals surface area contributed by atoms with Crippen molar-refractivity contribution in [2.75, 3.05) is 26.7 Å². The lowest BCUT2D eigenvalue weighted by molar-refractivity contribution is -0.155. The standard InChI is InChI=1S/C10H18N2O2/c1-8(2)4-5-12-7-6-11(3)9(13)10(12)14/h8H,4-7H2,1-3H3. The van der Waals surface area contributed by atoms with Gasteiger partial charge in [-0.2, -0.15) is 0 Å². The SMILES string of the molecule is CC(C)CCN1CCN(C)C(=O)C1=O. The van der Waals surface area contributed by atoms with Gasteiger partial charge in [-0.25, -0.2) is 0 Å². The van der Waals surface area contributed by atoms with Crippen molar-refractivity contribution in [1.29, 1.82) is 0 Å². The number of amides is 2. The van der Waals surface area contributed by atoms with Gasteiger partial charge in [-0.1, -0.05) is 13.8 Å². The molecule has 0 aromatic rings. The first-order valence-corrected chi connectivity index (χ1v) is 5.06. The summed E-state index contributed by atoms with van der Waals surface area (Å²) in [6, 6.07) is 0. The molecular formula is C10H18N2O2. The Balaban J connectivity index is 2.47. The van der Waals surface area contributed by atoms with E-state index < -0.39 is 0 Å². The first-order chi connectivity index (χ1) is 6.52. The summed E-state index contributed by atoms with van der Waals surface area (Å²) in [6.07, 6.45) is 0.961. The number of likely N-dealkylation sites (N-methyl/N-ethyl adjacent to an activating group) is 1. The Morgan fingerprint density at radius 2 is 1.86 bits per heavy atom. The van der Waals surface area contributed by atoms with Gasteiger partial charge in [-0.05, 0) is 12.3 Å². The minimum atomic E-state index is -0.375. The van der Waals surface area contributed by atoms with E-state index >= 15 is 0 Å². The molecule has 1 fully saturated rings. The zero-order valence-corrected chi connectivity index (χ0v) is 9.12. The Morgan fingerprint density at radius 3 is 2.43 bits per heavy atom. The maximum absolute atomic E-state index is 11.5. The fraction of sp³-hybridized carbons (Fsp3) is 0.800. The highest BCUT2D eigenvalue weighted by atomic mass is 16.2. The quantitative estimate of drug-likeness (QED) is 0.613. The molecule has 1 aliphatic heterocycles. The topological polar surface area (TPSA) is 40.6 Å². The van der Waals surface area contributed by atoms with Crippen LogP contribution in [0, 0.1) is 5.92 Å². The summed E-state index contributed by atoms with van der Waals surface area (Å²) in [5.74, 6) is -0.156. The largest absolute Gasteiger partial charge is 0.336 e. The Hall–Kier alpha value is -1.06. The van der Waals surface area contributed by atoms with Gasteiger partial charge in [0.15, 0.2) is 0 Å². The molecule has 0 aliphatic carbocycles. The Labute approximate surface area is 84.9 Å². The van der Waals surface area contributed by atoms with E-state index in [4.69, 9.17) is 0 Å². The monoisotopic (exact) mass is 198 g/mol. The molecule has 0 bridgehead atoms. The van der Waals surface area contributed by atoms with Gasteiger partial charge in [0.2, 0.25) is 0 Å². The van der Waals surface area contributed by atoms with E-state index in [1.807, 2.05) is 0 Å². The van der Waals surface area contributed by atoms with Crippen molar-refractivity contribution in [3.05, 3.63) is 0 Å². The number of piperazine rings is 1. The zero-order chi connectivity index (χ0) is 10.7. The van der Waals surface area contributed by atoms with Gasteiger partial charge in [-0.15, -0.1) is 0 Å².